The minimum atomic E-state index is -0.655. The van der Waals surface area contributed by atoms with Gasteiger partial charge in [-0.15, -0.1) is 0 Å². The lowest BCUT2D eigenvalue weighted by molar-refractivity contribution is -0.122. The predicted molar refractivity (Wildman–Crippen MR) is 93.0 cm³/mol. The average Bonchev–Trinajstić information content (AvgIpc) is 2.93. The van der Waals surface area contributed by atoms with Crippen LogP contribution in [-0.2, 0) is 17.9 Å². The summed E-state index contributed by atoms with van der Waals surface area (Å²) in [5.41, 5.74) is 2.38. The van der Waals surface area contributed by atoms with E-state index in [1.807, 2.05) is 11.6 Å². The fourth-order valence-corrected chi connectivity index (χ4v) is 2.31. The van der Waals surface area contributed by atoms with E-state index in [-0.39, 0.29) is 12.5 Å². The van der Waals surface area contributed by atoms with Crippen LogP contribution in [0.2, 0.25) is 0 Å². The zero-order valence-corrected chi connectivity index (χ0v) is 14.5. The molecule has 0 saturated carbocycles. The number of hydrogen-bond acceptors (Lipinski definition) is 4. The van der Waals surface area contributed by atoms with E-state index in [0.717, 1.165) is 30.6 Å². The summed E-state index contributed by atoms with van der Waals surface area (Å²) in [6, 6.07) is 7.06. The maximum Gasteiger partial charge on any atom is 0.265 e. The molecule has 1 aromatic heterocycles. The van der Waals surface area contributed by atoms with Gasteiger partial charge in [-0.1, -0.05) is 25.5 Å². The van der Waals surface area contributed by atoms with Crippen molar-refractivity contribution in [2.45, 2.75) is 52.9 Å². The molecule has 0 bridgehead atoms. The first kappa shape index (κ1) is 18.0. The highest BCUT2D eigenvalue weighted by molar-refractivity contribution is 5.94. The molecular formula is C18H25N3O3. The van der Waals surface area contributed by atoms with Gasteiger partial charge in [0.2, 0.25) is 0 Å². The lowest BCUT2D eigenvalue weighted by Crippen LogP contribution is -2.30. The number of nitrogens with one attached hydrogen (secondary N) is 1. The molecule has 0 radical (unpaired) electrons. The predicted octanol–water partition coefficient (Wildman–Crippen LogP) is 2.89. The quantitative estimate of drug-likeness (QED) is 0.780. The van der Waals surface area contributed by atoms with E-state index < -0.39 is 6.10 Å². The second kappa shape index (κ2) is 8.49. The number of benzene rings is 1. The van der Waals surface area contributed by atoms with Gasteiger partial charge in [0, 0.05) is 6.54 Å². The van der Waals surface area contributed by atoms with E-state index in [1.54, 1.807) is 37.4 Å². The molecule has 0 aliphatic heterocycles. The number of ether oxygens (including phenoxy) is 1. The summed E-state index contributed by atoms with van der Waals surface area (Å²) in [5, 5.41) is 16.3. The molecule has 130 valence electrons. The summed E-state index contributed by atoms with van der Waals surface area (Å²) >= 11 is 0. The highest BCUT2D eigenvalue weighted by atomic mass is 16.5. The van der Waals surface area contributed by atoms with Crippen LogP contribution in [0.4, 0.5) is 5.69 Å². The van der Waals surface area contributed by atoms with Crippen LogP contribution in [0.5, 0.6) is 5.75 Å². The summed E-state index contributed by atoms with van der Waals surface area (Å²) in [6.07, 6.45) is 3.16. The number of anilines is 1. The van der Waals surface area contributed by atoms with Gasteiger partial charge in [-0.25, -0.2) is 0 Å². The first-order chi connectivity index (χ1) is 11.5. The van der Waals surface area contributed by atoms with Crippen LogP contribution in [0.15, 0.2) is 30.5 Å². The largest absolute Gasteiger partial charge is 0.481 e. The molecule has 2 aromatic rings. The SMILES string of the molecule is CCCCn1ncc(NC(=O)C(C)Oc2cccc(CO)c2)c1C. The third kappa shape index (κ3) is 4.58. The number of unbranched alkanes of at least 4 members (excludes halogenated alkanes) is 1. The smallest absolute Gasteiger partial charge is 0.265 e. The first-order valence-electron chi connectivity index (χ1n) is 8.24. The Morgan fingerprint density at radius 2 is 2.25 bits per heavy atom. The van der Waals surface area contributed by atoms with Crippen molar-refractivity contribution in [3.8, 4) is 5.75 Å². The number of rotatable bonds is 8. The highest BCUT2D eigenvalue weighted by Crippen LogP contribution is 2.17. The summed E-state index contributed by atoms with van der Waals surface area (Å²) in [5.74, 6) is 0.321. The van der Waals surface area contributed by atoms with Crippen molar-refractivity contribution in [2.24, 2.45) is 0 Å². The number of aliphatic hydroxyl groups excluding tert-OH is 1. The van der Waals surface area contributed by atoms with Crippen LogP contribution < -0.4 is 10.1 Å². The van der Waals surface area contributed by atoms with Gasteiger partial charge in [0.25, 0.3) is 5.91 Å². The van der Waals surface area contributed by atoms with Crippen molar-refractivity contribution in [2.75, 3.05) is 5.32 Å². The summed E-state index contributed by atoms with van der Waals surface area (Å²) in [7, 11) is 0. The first-order valence-corrected chi connectivity index (χ1v) is 8.24. The number of carbonyl (C=O) groups is 1. The van der Waals surface area contributed by atoms with E-state index >= 15 is 0 Å². The summed E-state index contributed by atoms with van der Waals surface area (Å²) < 4.78 is 7.55. The van der Waals surface area contributed by atoms with Gasteiger partial charge in [-0.3, -0.25) is 9.48 Å². The Hall–Kier alpha value is -2.34. The maximum atomic E-state index is 12.3. The second-order valence-corrected chi connectivity index (χ2v) is 5.78. The van der Waals surface area contributed by atoms with E-state index in [4.69, 9.17) is 9.84 Å². The Kier molecular flexibility index (Phi) is 6.37. The van der Waals surface area contributed by atoms with E-state index in [9.17, 15) is 4.79 Å². The summed E-state index contributed by atoms with van der Waals surface area (Å²) in [6.45, 7) is 6.55. The number of aryl methyl sites for hydroxylation is 1. The van der Waals surface area contributed by atoms with Gasteiger partial charge in [0.05, 0.1) is 24.2 Å². The van der Waals surface area contributed by atoms with Crippen LogP contribution >= 0.6 is 0 Å². The molecule has 6 heteroatoms. The normalized spacial score (nSPS) is 12.0. The van der Waals surface area contributed by atoms with Crippen molar-refractivity contribution in [3.63, 3.8) is 0 Å². The molecule has 2 rings (SSSR count). The number of carbonyl (C=O) groups excluding carboxylic acids is 1. The Labute approximate surface area is 142 Å². The van der Waals surface area contributed by atoms with Gasteiger partial charge in [0.15, 0.2) is 6.10 Å². The van der Waals surface area contributed by atoms with Crippen LogP contribution in [0.3, 0.4) is 0 Å². The fraction of sp³-hybridized carbons (Fsp3) is 0.444. The zero-order chi connectivity index (χ0) is 17.5. The Bertz CT molecular complexity index is 682. The van der Waals surface area contributed by atoms with E-state index in [1.165, 1.54) is 0 Å². The lowest BCUT2D eigenvalue weighted by atomic mass is 10.2. The molecule has 1 unspecified atom stereocenters. The molecule has 6 nitrogen and oxygen atoms in total. The minimum absolute atomic E-state index is 0.0616. The topological polar surface area (TPSA) is 76.4 Å². The van der Waals surface area contributed by atoms with Crippen molar-refractivity contribution in [1.82, 2.24) is 9.78 Å². The monoisotopic (exact) mass is 331 g/mol. The summed E-state index contributed by atoms with van der Waals surface area (Å²) in [4.78, 5) is 12.3. The molecule has 0 fully saturated rings. The fourth-order valence-electron chi connectivity index (χ4n) is 2.31. The van der Waals surface area contributed by atoms with Crippen molar-refractivity contribution >= 4 is 11.6 Å². The third-order valence-electron chi connectivity index (χ3n) is 3.85. The Morgan fingerprint density at radius 1 is 1.46 bits per heavy atom. The number of aliphatic hydroxyl groups is 1. The van der Waals surface area contributed by atoms with Gasteiger partial charge < -0.3 is 15.2 Å². The average molecular weight is 331 g/mol. The highest BCUT2D eigenvalue weighted by Gasteiger charge is 2.17. The third-order valence-corrected chi connectivity index (χ3v) is 3.85. The second-order valence-electron chi connectivity index (χ2n) is 5.78. The lowest BCUT2D eigenvalue weighted by Gasteiger charge is -2.15. The van der Waals surface area contributed by atoms with Gasteiger partial charge >= 0.3 is 0 Å². The van der Waals surface area contributed by atoms with Gasteiger partial charge in [-0.05, 0) is 38.0 Å². The molecule has 1 atom stereocenters. The van der Waals surface area contributed by atoms with Crippen molar-refractivity contribution in [3.05, 3.63) is 41.7 Å². The number of hydrogen-bond donors (Lipinski definition) is 2. The zero-order valence-electron chi connectivity index (χ0n) is 14.5. The van der Waals surface area contributed by atoms with Gasteiger partial charge in [-0.2, -0.15) is 5.10 Å². The Morgan fingerprint density at radius 3 is 2.96 bits per heavy atom. The molecule has 0 spiro atoms. The molecular weight excluding hydrogens is 306 g/mol. The molecule has 2 N–H and O–H groups in total. The molecule has 1 amide bonds. The molecule has 0 saturated heterocycles. The van der Waals surface area contributed by atoms with Crippen LogP contribution in [0.1, 0.15) is 37.9 Å². The minimum Gasteiger partial charge on any atom is -0.481 e. The molecule has 1 aromatic carbocycles. The molecule has 0 aliphatic rings. The van der Waals surface area contributed by atoms with E-state index in [0.29, 0.717) is 11.4 Å². The van der Waals surface area contributed by atoms with E-state index in [2.05, 4.69) is 17.3 Å². The number of nitrogens with zero attached hydrogens (tertiary/aromatic N) is 2. The van der Waals surface area contributed by atoms with Gasteiger partial charge in [0.1, 0.15) is 5.75 Å². The number of aromatic nitrogens is 2. The number of amides is 1. The standard InChI is InChI=1S/C18H25N3O3/c1-4-5-9-21-13(2)17(11-19-21)20-18(23)14(3)24-16-8-6-7-15(10-16)12-22/h6-8,10-11,14,22H,4-5,9,12H2,1-3H3,(H,20,23). The van der Waals surface area contributed by atoms with Crippen LogP contribution in [0.25, 0.3) is 0 Å². The Balaban J connectivity index is 1.97. The molecule has 0 aliphatic carbocycles. The van der Waals surface area contributed by atoms with Crippen LogP contribution in [0, 0.1) is 6.92 Å². The van der Waals surface area contributed by atoms with Crippen LogP contribution in [-0.4, -0.2) is 26.9 Å². The van der Waals surface area contributed by atoms with Crippen molar-refractivity contribution in [1.29, 1.82) is 0 Å². The van der Waals surface area contributed by atoms with Crippen molar-refractivity contribution < 1.29 is 14.6 Å². The molecule has 24 heavy (non-hydrogen) atoms. The molecule has 1 heterocycles. The maximum absolute atomic E-state index is 12.3.